The first-order valence-electron chi connectivity index (χ1n) is 3.25. The Morgan fingerprint density at radius 1 is 1.85 bits per heavy atom. The van der Waals surface area contributed by atoms with E-state index in [4.69, 9.17) is 17.5 Å². The Labute approximate surface area is 97.5 Å². The molecule has 0 spiro atoms. The van der Waals surface area contributed by atoms with E-state index < -0.39 is 6.10 Å². The zero-order valence-corrected chi connectivity index (χ0v) is 10.3. The predicted molar refractivity (Wildman–Crippen MR) is 59.2 cm³/mol. The van der Waals surface area contributed by atoms with Crippen LogP contribution in [0.4, 0.5) is 0 Å². The Kier molecular flexibility index (Phi) is 5.03. The molecular weight excluding hydrogens is 298 g/mol. The van der Waals surface area contributed by atoms with E-state index in [0.29, 0.717) is 9.67 Å². The largest absolute Gasteiger partial charge is 0.387 e. The third-order valence-electron chi connectivity index (χ3n) is 1.32. The fraction of sp³-hybridized carbons (Fsp3) is 0.333. The monoisotopic (exact) mass is 303 g/mol. The number of rotatable bonds is 4. The molecule has 13 heavy (non-hydrogen) atoms. The molecule has 0 aliphatic heterocycles. The number of halogens is 2. The highest BCUT2D eigenvalue weighted by molar-refractivity contribution is 9.09. The number of alkyl halides is 1. The molecule has 0 aromatic carbocycles. The van der Waals surface area contributed by atoms with Crippen LogP contribution in [0.25, 0.3) is 0 Å². The summed E-state index contributed by atoms with van der Waals surface area (Å²) in [6.45, 7) is 0. The van der Waals surface area contributed by atoms with Crippen molar-refractivity contribution in [3.05, 3.63) is 16.0 Å². The topological polar surface area (TPSA) is 55.5 Å². The normalized spacial score (nSPS) is 13.2. The van der Waals surface area contributed by atoms with Crippen LogP contribution in [0.1, 0.15) is 11.7 Å². The maximum atomic E-state index is 9.54. The Balaban J connectivity index is 2.89. The van der Waals surface area contributed by atoms with Crippen molar-refractivity contribution < 1.29 is 9.39 Å². The van der Waals surface area contributed by atoms with E-state index in [2.05, 4.69) is 20.2 Å². The van der Waals surface area contributed by atoms with Crippen LogP contribution in [0, 0.1) is 0 Å². The number of aliphatic hydroxyl groups excluding tert-OH is 1. The van der Waals surface area contributed by atoms with Gasteiger partial charge < -0.3 is 5.11 Å². The van der Waals surface area contributed by atoms with Crippen molar-refractivity contribution in [2.24, 2.45) is 5.90 Å². The molecule has 0 aliphatic rings. The van der Waals surface area contributed by atoms with Gasteiger partial charge in [0, 0.05) is 10.9 Å². The average Bonchev–Trinajstić information content (AvgIpc) is 2.46. The van der Waals surface area contributed by atoms with Crippen LogP contribution < -0.4 is 5.90 Å². The van der Waals surface area contributed by atoms with Gasteiger partial charge in [0.25, 0.3) is 0 Å². The zero-order valence-electron chi connectivity index (χ0n) is 6.37. The molecule has 0 amide bonds. The second-order valence-corrected chi connectivity index (χ2v) is 5.50. The molecular formula is C6H7BrClNO2S2. The van der Waals surface area contributed by atoms with Crippen molar-refractivity contribution in [1.29, 1.82) is 0 Å². The maximum Gasteiger partial charge on any atom is 0.0970 e. The van der Waals surface area contributed by atoms with E-state index in [1.54, 1.807) is 6.07 Å². The van der Waals surface area contributed by atoms with E-state index in [-0.39, 0.29) is 0 Å². The van der Waals surface area contributed by atoms with Gasteiger partial charge in [-0.25, -0.2) is 10.2 Å². The smallest absolute Gasteiger partial charge is 0.0970 e. The van der Waals surface area contributed by atoms with Crippen LogP contribution in [-0.2, 0) is 4.28 Å². The van der Waals surface area contributed by atoms with E-state index in [0.717, 1.165) is 21.8 Å². The van der Waals surface area contributed by atoms with E-state index in [1.807, 2.05) is 0 Å². The average molecular weight is 305 g/mol. The molecule has 1 unspecified atom stereocenters. The quantitative estimate of drug-likeness (QED) is 0.510. The van der Waals surface area contributed by atoms with Crippen molar-refractivity contribution in [3.63, 3.8) is 0 Å². The third-order valence-corrected chi connectivity index (χ3v) is 3.95. The molecule has 74 valence electrons. The first-order chi connectivity index (χ1) is 6.19. The lowest BCUT2D eigenvalue weighted by molar-refractivity contribution is 0.203. The first-order valence-corrected chi connectivity index (χ1v) is 6.31. The minimum absolute atomic E-state index is 0.457. The van der Waals surface area contributed by atoms with Gasteiger partial charge in [-0.2, -0.15) is 0 Å². The van der Waals surface area contributed by atoms with Crippen molar-refractivity contribution in [2.45, 2.75) is 10.3 Å². The third kappa shape index (κ3) is 3.09. The van der Waals surface area contributed by atoms with Crippen LogP contribution in [-0.4, -0.2) is 10.4 Å². The molecule has 1 atom stereocenters. The summed E-state index contributed by atoms with van der Waals surface area (Å²) in [6, 6.07) is 1.71. The summed E-state index contributed by atoms with van der Waals surface area (Å²) in [4.78, 5) is 0. The molecule has 1 aromatic rings. The number of thiophene rings is 1. The fourth-order valence-corrected chi connectivity index (χ4v) is 3.19. The molecule has 3 nitrogen and oxygen atoms in total. The molecule has 1 heterocycles. The predicted octanol–water partition coefficient (Wildman–Crippen LogP) is 2.73. The van der Waals surface area contributed by atoms with Gasteiger partial charge >= 0.3 is 0 Å². The Bertz CT molecular complexity index is 284. The SMILES string of the molecule is NOSc1sc(Cl)cc1C(O)CBr. The molecule has 0 radical (unpaired) electrons. The summed E-state index contributed by atoms with van der Waals surface area (Å²) in [5.41, 5.74) is 0.738. The summed E-state index contributed by atoms with van der Waals surface area (Å²) in [7, 11) is 0. The van der Waals surface area contributed by atoms with Crippen molar-refractivity contribution in [1.82, 2.24) is 0 Å². The summed E-state index contributed by atoms with van der Waals surface area (Å²) >= 11 is 11.3. The minimum Gasteiger partial charge on any atom is -0.387 e. The molecule has 3 N–H and O–H groups in total. The van der Waals surface area contributed by atoms with Gasteiger partial charge in [0.2, 0.25) is 0 Å². The van der Waals surface area contributed by atoms with Crippen molar-refractivity contribution in [3.8, 4) is 0 Å². The van der Waals surface area contributed by atoms with E-state index in [1.165, 1.54) is 11.3 Å². The van der Waals surface area contributed by atoms with Gasteiger partial charge in [-0.15, -0.1) is 11.3 Å². The Hall–Kier alpha value is 0.700. The lowest BCUT2D eigenvalue weighted by atomic mass is 10.2. The summed E-state index contributed by atoms with van der Waals surface area (Å²) in [6.07, 6.45) is -0.582. The molecule has 1 rings (SSSR count). The highest BCUT2D eigenvalue weighted by atomic mass is 79.9. The van der Waals surface area contributed by atoms with Crippen LogP contribution in [0.5, 0.6) is 0 Å². The summed E-state index contributed by atoms with van der Waals surface area (Å²) < 4.78 is 5.80. The molecule has 1 aromatic heterocycles. The highest BCUT2D eigenvalue weighted by Gasteiger charge is 2.15. The van der Waals surface area contributed by atoms with Gasteiger partial charge in [-0.05, 0) is 6.07 Å². The second kappa shape index (κ2) is 5.55. The molecule has 7 heteroatoms. The molecule has 0 aliphatic carbocycles. The van der Waals surface area contributed by atoms with Crippen LogP contribution >= 0.6 is 50.9 Å². The van der Waals surface area contributed by atoms with Crippen molar-refractivity contribution in [2.75, 3.05) is 5.33 Å². The van der Waals surface area contributed by atoms with Crippen LogP contribution in [0.3, 0.4) is 0 Å². The minimum atomic E-state index is -0.582. The summed E-state index contributed by atoms with van der Waals surface area (Å²) in [5, 5.41) is 10.00. The van der Waals surface area contributed by atoms with Gasteiger partial charge in [0.15, 0.2) is 0 Å². The zero-order chi connectivity index (χ0) is 9.84. The van der Waals surface area contributed by atoms with Gasteiger partial charge in [-0.1, -0.05) is 27.5 Å². The van der Waals surface area contributed by atoms with Crippen LogP contribution in [0.15, 0.2) is 10.3 Å². The number of aliphatic hydroxyl groups is 1. The molecule has 0 saturated carbocycles. The number of hydrogen-bond acceptors (Lipinski definition) is 5. The van der Waals surface area contributed by atoms with Gasteiger partial charge in [-0.3, -0.25) is 0 Å². The molecule has 0 bridgehead atoms. The lowest BCUT2D eigenvalue weighted by Crippen LogP contribution is -1.98. The maximum absolute atomic E-state index is 9.54. The Morgan fingerprint density at radius 3 is 3.08 bits per heavy atom. The number of hydrogen-bond donors (Lipinski definition) is 2. The van der Waals surface area contributed by atoms with E-state index >= 15 is 0 Å². The Morgan fingerprint density at radius 2 is 2.54 bits per heavy atom. The van der Waals surface area contributed by atoms with E-state index in [9.17, 15) is 5.11 Å². The number of nitrogens with two attached hydrogens (primary N) is 1. The van der Waals surface area contributed by atoms with Crippen molar-refractivity contribution >= 4 is 50.9 Å². The molecule has 0 saturated heterocycles. The van der Waals surface area contributed by atoms with Crippen LogP contribution in [0.2, 0.25) is 4.34 Å². The standard InChI is InChI=1S/C6H7BrClNO2S2/c7-2-4(10)3-1-5(8)12-6(3)13-11-9/h1,4,10H,2,9H2. The first kappa shape index (κ1) is 11.8. The van der Waals surface area contributed by atoms with Gasteiger partial charge in [0.05, 0.1) is 26.7 Å². The lowest BCUT2D eigenvalue weighted by Gasteiger charge is -2.05. The summed E-state index contributed by atoms with van der Waals surface area (Å²) in [5.74, 6) is 4.91. The highest BCUT2D eigenvalue weighted by Crippen LogP contribution is 2.38. The van der Waals surface area contributed by atoms with Gasteiger partial charge in [0.1, 0.15) is 0 Å². The fourth-order valence-electron chi connectivity index (χ4n) is 0.782. The molecule has 0 fully saturated rings. The second-order valence-electron chi connectivity index (χ2n) is 2.14.